The number of imidazole rings is 1. The third kappa shape index (κ3) is 2.94. The molecule has 1 atom stereocenters. The summed E-state index contributed by atoms with van der Waals surface area (Å²) in [6.07, 6.45) is 3.27. The van der Waals surface area contributed by atoms with Crippen molar-refractivity contribution in [1.82, 2.24) is 14.9 Å². The van der Waals surface area contributed by atoms with E-state index in [4.69, 9.17) is 4.74 Å². The molecule has 2 heterocycles. The Morgan fingerprint density at radius 3 is 2.79 bits per heavy atom. The molecular formula is C13H20BrN3O2. The highest BCUT2D eigenvalue weighted by atomic mass is 79.9. The van der Waals surface area contributed by atoms with E-state index in [1.165, 1.54) is 0 Å². The number of carbonyl (C=O) groups excluding carboxylic acids is 1. The van der Waals surface area contributed by atoms with E-state index < -0.39 is 11.1 Å². The molecule has 1 fully saturated rings. The summed E-state index contributed by atoms with van der Waals surface area (Å²) in [5, 5.41) is 0. The third-order valence-electron chi connectivity index (χ3n) is 3.31. The van der Waals surface area contributed by atoms with Crippen molar-refractivity contribution in [1.29, 1.82) is 0 Å². The number of hydrogen-bond acceptors (Lipinski definition) is 3. The predicted molar refractivity (Wildman–Crippen MR) is 75.8 cm³/mol. The highest BCUT2D eigenvalue weighted by molar-refractivity contribution is 9.10. The molecule has 1 aromatic heterocycles. The van der Waals surface area contributed by atoms with Gasteiger partial charge in [-0.2, -0.15) is 0 Å². The molecule has 6 heteroatoms. The van der Waals surface area contributed by atoms with Crippen LogP contribution in [-0.2, 0) is 10.3 Å². The van der Waals surface area contributed by atoms with E-state index in [-0.39, 0.29) is 6.09 Å². The van der Waals surface area contributed by atoms with Gasteiger partial charge < -0.3 is 9.72 Å². The van der Waals surface area contributed by atoms with Crippen LogP contribution >= 0.6 is 15.9 Å². The monoisotopic (exact) mass is 329 g/mol. The quantitative estimate of drug-likeness (QED) is 0.858. The van der Waals surface area contributed by atoms with Crippen molar-refractivity contribution >= 4 is 22.0 Å². The normalized spacial score (nSPS) is 23.7. The van der Waals surface area contributed by atoms with E-state index in [9.17, 15) is 4.79 Å². The minimum Gasteiger partial charge on any atom is -0.444 e. The number of nitrogens with zero attached hydrogens (tertiary/aromatic N) is 2. The van der Waals surface area contributed by atoms with Gasteiger partial charge in [-0.05, 0) is 56.5 Å². The maximum absolute atomic E-state index is 12.3. The van der Waals surface area contributed by atoms with Crippen molar-refractivity contribution in [3.05, 3.63) is 16.6 Å². The molecular weight excluding hydrogens is 310 g/mol. The first-order valence-electron chi connectivity index (χ1n) is 6.44. The zero-order valence-corrected chi connectivity index (χ0v) is 13.4. The number of likely N-dealkylation sites (tertiary alicyclic amines) is 1. The minimum absolute atomic E-state index is 0.278. The number of rotatable bonds is 1. The van der Waals surface area contributed by atoms with Gasteiger partial charge in [-0.1, -0.05) is 0 Å². The molecule has 106 valence electrons. The van der Waals surface area contributed by atoms with Crippen molar-refractivity contribution in [2.24, 2.45) is 0 Å². The van der Waals surface area contributed by atoms with E-state index in [0.717, 1.165) is 23.3 Å². The number of nitrogens with one attached hydrogen (secondary N) is 1. The first-order chi connectivity index (χ1) is 8.72. The number of H-pyrrole nitrogens is 1. The summed E-state index contributed by atoms with van der Waals surface area (Å²) in [5.41, 5.74) is -0.904. The van der Waals surface area contributed by atoms with Gasteiger partial charge in [0.25, 0.3) is 0 Å². The fourth-order valence-corrected chi connectivity index (χ4v) is 2.68. The minimum atomic E-state index is -0.482. The lowest BCUT2D eigenvalue weighted by atomic mass is 9.98. The van der Waals surface area contributed by atoms with Gasteiger partial charge in [-0.25, -0.2) is 9.78 Å². The molecule has 0 bridgehead atoms. The van der Waals surface area contributed by atoms with Crippen molar-refractivity contribution in [2.45, 2.75) is 51.7 Å². The molecule has 1 aliphatic heterocycles. The molecule has 1 amide bonds. The Balaban J connectivity index is 2.23. The Morgan fingerprint density at radius 2 is 2.26 bits per heavy atom. The molecule has 0 spiro atoms. The van der Waals surface area contributed by atoms with Crippen LogP contribution in [0.2, 0.25) is 0 Å². The Kier molecular flexibility index (Phi) is 3.64. The van der Waals surface area contributed by atoms with Crippen LogP contribution in [-0.4, -0.2) is 33.1 Å². The first kappa shape index (κ1) is 14.4. The molecule has 0 saturated carbocycles. The first-order valence-corrected chi connectivity index (χ1v) is 7.23. The smallest absolute Gasteiger partial charge is 0.411 e. The van der Waals surface area contributed by atoms with Gasteiger partial charge >= 0.3 is 6.09 Å². The summed E-state index contributed by atoms with van der Waals surface area (Å²) in [4.78, 5) is 21.6. The standard InChI is InChI=1S/C13H20BrN3O2/c1-12(2,3)19-11(18)17-7-5-6-13(17,4)10-15-8-9(14)16-10/h8H,5-7H2,1-4H3,(H,15,16)/t13-/m1/s1. The van der Waals surface area contributed by atoms with Gasteiger partial charge in [0.1, 0.15) is 21.6 Å². The Labute approximate surface area is 121 Å². The van der Waals surface area contributed by atoms with Crippen LogP contribution in [0, 0.1) is 0 Å². The molecule has 0 aromatic carbocycles. The molecule has 5 nitrogen and oxygen atoms in total. The number of hydrogen-bond donors (Lipinski definition) is 1. The number of amides is 1. The van der Waals surface area contributed by atoms with Gasteiger partial charge in [0.15, 0.2) is 0 Å². The number of halogens is 1. The molecule has 1 aliphatic rings. The van der Waals surface area contributed by atoms with Crippen molar-refractivity contribution in [3.8, 4) is 0 Å². The molecule has 0 aliphatic carbocycles. The Morgan fingerprint density at radius 1 is 1.58 bits per heavy atom. The summed E-state index contributed by atoms with van der Waals surface area (Å²) in [7, 11) is 0. The van der Waals surface area contributed by atoms with Gasteiger partial charge in [-0.15, -0.1) is 0 Å². The lowest BCUT2D eigenvalue weighted by Gasteiger charge is -2.34. The van der Waals surface area contributed by atoms with Crippen LogP contribution in [0.4, 0.5) is 4.79 Å². The van der Waals surface area contributed by atoms with Crippen molar-refractivity contribution in [3.63, 3.8) is 0 Å². The van der Waals surface area contributed by atoms with Crippen LogP contribution in [0.3, 0.4) is 0 Å². The molecule has 2 rings (SSSR count). The SMILES string of the molecule is CC(C)(C)OC(=O)N1CCC[C@]1(C)c1ncc(Br)[nH]1. The van der Waals surface area contributed by atoms with Crippen LogP contribution in [0.1, 0.15) is 46.4 Å². The summed E-state index contributed by atoms with van der Waals surface area (Å²) >= 11 is 3.36. The van der Waals surface area contributed by atoms with Crippen LogP contribution in [0.5, 0.6) is 0 Å². The second kappa shape index (κ2) is 4.81. The van der Waals surface area contributed by atoms with E-state index in [1.807, 2.05) is 27.7 Å². The highest BCUT2D eigenvalue weighted by Gasteiger charge is 2.44. The largest absolute Gasteiger partial charge is 0.444 e. The summed E-state index contributed by atoms with van der Waals surface area (Å²) < 4.78 is 6.30. The van der Waals surface area contributed by atoms with E-state index in [2.05, 4.69) is 25.9 Å². The number of ether oxygens (including phenoxy) is 1. The van der Waals surface area contributed by atoms with Gasteiger partial charge in [0, 0.05) is 6.54 Å². The fraction of sp³-hybridized carbons (Fsp3) is 0.692. The molecule has 1 aromatic rings. The van der Waals surface area contributed by atoms with Crippen molar-refractivity contribution < 1.29 is 9.53 Å². The maximum atomic E-state index is 12.3. The molecule has 0 unspecified atom stereocenters. The predicted octanol–water partition coefficient (Wildman–Crippen LogP) is 3.42. The summed E-state index contributed by atoms with van der Waals surface area (Å²) in [6.45, 7) is 8.35. The van der Waals surface area contributed by atoms with Crippen LogP contribution < -0.4 is 0 Å². The molecule has 1 saturated heterocycles. The lowest BCUT2D eigenvalue weighted by molar-refractivity contribution is 0.00865. The number of aromatic nitrogens is 2. The maximum Gasteiger partial charge on any atom is 0.411 e. The lowest BCUT2D eigenvalue weighted by Crippen LogP contribution is -2.46. The van der Waals surface area contributed by atoms with Crippen molar-refractivity contribution in [2.75, 3.05) is 6.54 Å². The van der Waals surface area contributed by atoms with Crippen LogP contribution in [0.15, 0.2) is 10.8 Å². The second-order valence-corrected chi connectivity index (χ2v) is 6.94. The zero-order valence-electron chi connectivity index (χ0n) is 11.8. The number of carbonyl (C=O) groups is 1. The Bertz CT molecular complexity index is 480. The average Bonchev–Trinajstić information content (AvgIpc) is 2.83. The fourth-order valence-electron chi connectivity index (χ4n) is 2.39. The van der Waals surface area contributed by atoms with Gasteiger partial charge in [0.2, 0.25) is 0 Å². The van der Waals surface area contributed by atoms with E-state index in [1.54, 1.807) is 11.1 Å². The number of aromatic amines is 1. The third-order valence-corrected chi connectivity index (χ3v) is 3.71. The van der Waals surface area contributed by atoms with E-state index in [0.29, 0.717) is 6.54 Å². The van der Waals surface area contributed by atoms with Gasteiger partial charge in [-0.3, -0.25) is 4.90 Å². The summed E-state index contributed by atoms with van der Waals surface area (Å²) in [5.74, 6) is 0.794. The topological polar surface area (TPSA) is 58.2 Å². The highest BCUT2D eigenvalue weighted by Crippen LogP contribution is 2.38. The summed E-state index contributed by atoms with van der Waals surface area (Å²) in [6, 6.07) is 0. The van der Waals surface area contributed by atoms with E-state index >= 15 is 0 Å². The Hall–Kier alpha value is -1.04. The molecule has 0 radical (unpaired) electrons. The molecule has 19 heavy (non-hydrogen) atoms. The van der Waals surface area contributed by atoms with Crippen LogP contribution in [0.25, 0.3) is 0 Å². The average molecular weight is 330 g/mol. The molecule has 1 N–H and O–H groups in total. The zero-order chi connectivity index (χ0) is 14.3. The second-order valence-electron chi connectivity index (χ2n) is 6.09. The van der Waals surface area contributed by atoms with Gasteiger partial charge in [0.05, 0.1) is 6.20 Å².